The van der Waals surface area contributed by atoms with E-state index in [2.05, 4.69) is 35.7 Å². The summed E-state index contributed by atoms with van der Waals surface area (Å²) in [5, 5.41) is 4.47. The predicted octanol–water partition coefficient (Wildman–Crippen LogP) is 2.93. The third kappa shape index (κ3) is 2.67. The van der Waals surface area contributed by atoms with E-state index in [9.17, 15) is 0 Å². The molecule has 0 amide bonds. The maximum atomic E-state index is 5.16. The molecule has 0 saturated carbocycles. The second kappa shape index (κ2) is 5.04. The fraction of sp³-hybridized carbons (Fsp3) is 0.357. The summed E-state index contributed by atoms with van der Waals surface area (Å²) in [5.41, 5.74) is 6.43. The first-order valence-electron chi connectivity index (χ1n) is 5.85. The smallest absolute Gasteiger partial charge is 0.118 e. The number of hydrogen-bond donors (Lipinski definition) is 1. The van der Waals surface area contributed by atoms with E-state index in [1.54, 1.807) is 7.11 Å². The van der Waals surface area contributed by atoms with Gasteiger partial charge in [0.25, 0.3) is 0 Å². The van der Waals surface area contributed by atoms with Crippen LogP contribution in [0.25, 0.3) is 0 Å². The summed E-state index contributed by atoms with van der Waals surface area (Å²) < 4.78 is 5.16. The molecule has 2 rings (SSSR count). The largest absolute Gasteiger partial charge is 0.497 e. The molecule has 1 unspecified atom stereocenters. The van der Waals surface area contributed by atoms with Crippen molar-refractivity contribution >= 4 is 5.71 Å². The molecule has 3 nitrogen and oxygen atoms in total. The average Bonchev–Trinajstić information content (AvgIpc) is 2.52. The van der Waals surface area contributed by atoms with Gasteiger partial charge in [0.05, 0.1) is 12.8 Å². The Kier molecular flexibility index (Phi) is 3.47. The quantitative estimate of drug-likeness (QED) is 0.847. The Morgan fingerprint density at radius 3 is 2.65 bits per heavy atom. The van der Waals surface area contributed by atoms with E-state index in [1.165, 1.54) is 0 Å². The third-order valence-electron chi connectivity index (χ3n) is 2.98. The monoisotopic (exact) mass is 230 g/mol. The number of benzene rings is 1. The molecule has 0 saturated heterocycles. The van der Waals surface area contributed by atoms with Crippen LogP contribution in [0.5, 0.6) is 5.75 Å². The van der Waals surface area contributed by atoms with Gasteiger partial charge in [-0.2, -0.15) is 5.10 Å². The number of nitrogens with one attached hydrogen (secondary N) is 1. The molecule has 1 aromatic rings. The summed E-state index contributed by atoms with van der Waals surface area (Å²) in [7, 11) is 1.68. The first kappa shape index (κ1) is 11.7. The van der Waals surface area contributed by atoms with Gasteiger partial charge in [-0.25, -0.2) is 0 Å². The Morgan fingerprint density at radius 2 is 2.00 bits per heavy atom. The summed E-state index contributed by atoms with van der Waals surface area (Å²) >= 11 is 0. The summed E-state index contributed by atoms with van der Waals surface area (Å²) in [6.45, 7) is 4.23. The SMILES string of the molecule is COc1ccc(C2=NNC(C)=CCC2C)cc1. The van der Waals surface area contributed by atoms with Crippen LogP contribution in [0.3, 0.4) is 0 Å². The molecule has 1 aliphatic heterocycles. The molecule has 1 atom stereocenters. The molecule has 0 radical (unpaired) electrons. The molecule has 0 aliphatic carbocycles. The van der Waals surface area contributed by atoms with E-state index in [4.69, 9.17) is 4.74 Å². The molecule has 0 spiro atoms. The van der Waals surface area contributed by atoms with Crippen molar-refractivity contribution < 1.29 is 4.74 Å². The second-order valence-electron chi connectivity index (χ2n) is 4.36. The van der Waals surface area contributed by atoms with E-state index in [1.807, 2.05) is 19.1 Å². The average molecular weight is 230 g/mol. The van der Waals surface area contributed by atoms with Gasteiger partial charge in [-0.05, 0) is 43.2 Å². The highest BCUT2D eigenvalue weighted by Gasteiger charge is 2.14. The normalized spacial score (nSPS) is 19.8. The highest BCUT2D eigenvalue weighted by atomic mass is 16.5. The van der Waals surface area contributed by atoms with Crippen molar-refractivity contribution in [3.8, 4) is 5.75 Å². The molecular formula is C14H18N2O. The van der Waals surface area contributed by atoms with E-state index in [0.29, 0.717) is 5.92 Å². The number of nitrogens with zero attached hydrogens (tertiary/aromatic N) is 1. The van der Waals surface area contributed by atoms with Crippen molar-refractivity contribution in [3.05, 3.63) is 41.6 Å². The van der Waals surface area contributed by atoms with Crippen molar-refractivity contribution in [2.24, 2.45) is 11.0 Å². The third-order valence-corrected chi connectivity index (χ3v) is 2.98. The van der Waals surface area contributed by atoms with Crippen molar-refractivity contribution in [2.45, 2.75) is 20.3 Å². The molecule has 90 valence electrons. The maximum Gasteiger partial charge on any atom is 0.118 e. The van der Waals surface area contributed by atoms with Gasteiger partial charge in [0, 0.05) is 11.6 Å². The van der Waals surface area contributed by atoms with Gasteiger partial charge < -0.3 is 4.74 Å². The van der Waals surface area contributed by atoms with Gasteiger partial charge in [0.2, 0.25) is 0 Å². The summed E-state index contributed by atoms with van der Waals surface area (Å²) in [4.78, 5) is 0. The number of hydrogen-bond acceptors (Lipinski definition) is 3. The second-order valence-corrected chi connectivity index (χ2v) is 4.36. The van der Waals surface area contributed by atoms with Crippen LogP contribution in [-0.2, 0) is 0 Å². The zero-order valence-electron chi connectivity index (χ0n) is 10.5. The van der Waals surface area contributed by atoms with Crippen molar-refractivity contribution in [1.82, 2.24) is 5.43 Å². The lowest BCUT2D eigenvalue weighted by Gasteiger charge is -2.11. The van der Waals surface area contributed by atoms with Crippen LogP contribution in [0, 0.1) is 5.92 Å². The first-order chi connectivity index (χ1) is 8.20. The van der Waals surface area contributed by atoms with Crippen molar-refractivity contribution in [1.29, 1.82) is 0 Å². The zero-order chi connectivity index (χ0) is 12.3. The standard InChI is InChI=1S/C14H18N2O/c1-10-4-5-11(2)15-16-14(10)12-6-8-13(17-3)9-7-12/h5-10,15H,4H2,1-3H3. The number of allylic oxidation sites excluding steroid dienone is 2. The van der Waals surface area contributed by atoms with Crippen LogP contribution < -0.4 is 10.2 Å². The van der Waals surface area contributed by atoms with Crippen molar-refractivity contribution in [3.63, 3.8) is 0 Å². The van der Waals surface area contributed by atoms with Gasteiger partial charge >= 0.3 is 0 Å². The van der Waals surface area contributed by atoms with Gasteiger partial charge in [0.15, 0.2) is 0 Å². The Hall–Kier alpha value is -1.77. The van der Waals surface area contributed by atoms with Crippen LogP contribution >= 0.6 is 0 Å². The zero-order valence-corrected chi connectivity index (χ0v) is 10.5. The Morgan fingerprint density at radius 1 is 1.29 bits per heavy atom. The fourth-order valence-electron chi connectivity index (χ4n) is 1.88. The molecule has 1 N–H and O–H groups in total. The molecule has 0 fully saturated rings. The topological polar surface area (TPSA) is 33.6 Å². The molecule has 1 heterocycles. The lowest BCUT2D eigenvalue weighted by atomic mass is 9.95. The molecule has 0 bridgehead atoms. The number of methoxy groups -OCH3 is 1. The minimum atomic E-state index is 0.424. The van der Waals surface area contributed by atoms with Gasteiger partial charge in [-0.15, -0.1) is 0 Å². The Labute approximate surface area is 102 Å². The van der Waals surface area contributed by atoms with E-state index in [0.717, 1.165) is 29.1 Å². The molecule has 17 heavy (non-hydrogen) atoms. The minimum Gasteiger partial charge on any atom is -0.497 e. The van der Waals surface area contributed by atoms with E-state index >= 15 is 0 Å². The molecule has 1 aliphatic rings. The summed E-state index contributed by atoms with van der Waals surface area (Å²) in [6, 6.07) is 8.04. The Bertz CT molecular complexity index is 446. The number of ether oxygens (including phenoxy) is 1. The molecule has 1 aromatic carbocycles. The minimum absolute atomic E-state index is 0.424. The summed E-state index contributed by atoms with van der Waals surface area (Å²) in [6.07, 6.45) is 3.20. The van der Waals surface area contributed by atoms with Gasteiger partial charge in [0.1, 0.15) is 5.75 Å². The molecular weight excluding hydrogens is 212 g/mol. The van der Waals surface area contributed by atoms with Gasteiger partial charge in [-0.1, -0.05) is 13.0 Å². The molecule has 0 aromatic heterocycles. The van der Waals surface area contributed by atoms with Gasteiger partial charge in [-0.3, -0.25) is 5.43 Å². The number of rotatable bonds is 2. The van der Waals surface area contributed by atoms with Crippen LogP contribution in [0.1, 0.15) is 25.8 Å². The first-order valence-corrected chi connectivity index (χ1v) is 5.85. The van der Waals surface area contributed by atoms with E-state index in [-0.39, 0.29) is 0 Å². The lowest BCUT2D eigenvalue weighted by molar-refractivity contribution is 0.415. The lowest BCUT2D eigenvalue weighted by Crippen LogP contribution is -2.14. The van der Waals surface area contributed by atoms with Crippen LogP contribution in [0.15, 0.2) is 41.1 Å². The fourth-order valence-corrected chi connectivity index (χ4v) is 1.88. The summed E-state index contributed by atoms with van der Waals surface area (Å²) in [5.74, 6) is 1.30. The van der Waals surface area contributed by atoms with E-state index < -0.39 is 0 Å². The van der Waals surface area contributed by atoms with Crippen LogP contribution in [0.4, 0.5) is 0 Å². The number of hydrazone groups is 1. The maximum absolute atomic E-state index is 5.16. The highest BCUT2D eigenvalue weighted by molar-refractivity contribution is 6.02. The predicted molar refractivity (Wildman–Crippen MR) is 70.2 cm³/mol. The van der Waals surface area contributed by atoms with Crippen LogP contribution in [-0.4, -0.2) is 12.8 Å². The molecule has 3 heteroatoms. The van der Waals surface area contributed by atoms with Crippen LogP contribution in [0.2, 0.25) is 0 Å². The highest BCUT2D eigenvalue weighted by Crippen LogP contribution is 2.19. The Balaban J connectivity index is 2.26. The van der Waals surface area contributed by atoms with Crippen molar-refractivity contribution in [2.75, 3.05) is 7.11 Å².